The maximum Gasteiger partial charge on any atom is 0.160 e. The Morgan fingerprint density at radius 1 is 0.292 bits per heavy atom. The quantitative estimate of drug-likeness (QED) is 0.153. The molecule has 9 aromatic carbocycles. The van der Waals surface area contributed by atoms with Crippen LogP contribution in [0.4, 0.5) is 0 Å². The van der Waals surface area contributed by atoms with Gasteiger partial charge in [-0.2, -0.15) is 0 Å². The molecule has 0 amide bonds. The predicted octanol–water partition coefficient (Wildman–Crippen LogP) is 15.8. The molecule has 3 aromatic heterocycles. The second kappa shape index (κ2) is 16.2. The molecule has 0 N–H and O–H groups in total. The van der Waals surface area contributed by atoms with E-state index in [1.165, 1.54) is 27.6 Å². The van der Waals surface area contributed by atoms with Gasteiger partial charge in [-0.05, 0) is 63.7 Å². The van der Waals surface area contributed by atoms with Crippen LogP contribution in [0.5, 0.6) is 0 Å². The average molecular weight is 829 g/mol. The van der Waals surface area contributed by atoms with Gasteiger partial charge in [-0.25, -0.2) is 15.0 Å². The van der Waals surface area contributed by atoms with Crippen LogP contribution in [0.2, 0.25) is 0 Å². The van der Waals surface area contributed by atoms with Gasteiger partial charge in [0.1, 0.15) is 0 Å². The summed E-state index contributed by atoms with van der Waals surface area (Å²) < 4.78 is 2.39. The van der Waals surface area contributed by atoms with E-state index in [1.54, 1.807) is 0 Å². The van der Waals surface area contributed by atoms with Gasteiger partial charge in [0.05, 0.1) is 33.6 Å². The number of nitrogens with zero attached hydrogens (tertiary/aromatic N) is 4. The van der Waals surface area contributed by atoms with Gasteiger partial charge < -0.3 is 4.57 Å². The molecule has 12 rings (SSSR count). The van der Waals surface area contributed by atoms with Crippen LogP contribution in [-0.2, 0) is 0 Å². The Hall–Kier alpha value is -8.73. The molecule has 0 saturated heterocycles. The predicted molar refractivity (Wildman–Crippen MR) is 270 cm³/mol. The van der Waals surface area contributed by atoms with E-state index in [9.17, 15) is 0 Å². The van der Waals surface area contributed by atoms with Gasteiger partial charge in [0, 0.05) is 44.1 Å². The fourth-order valence-electron chi connectivity index (χ4n) is 9.17. The minimum atomic E-state index is 0.687. The number of fused-ring (bicyclic) bond motifs is 5. The summed E-state index contributed by atoms with van der Waals surface area (Å²) in [6, 6.07) is 85.6. The summed E-state index contributed by atoms with van der Waals surface area (Å²) >= 11 is 0. The highest BCUT2D eigenvalue weighted by atomic mass is 15.0. The van der Waals surface area contributed by atoms with Gasteiger partial charge in [-0.1, -0.05) is 212 Å². The zero-order chi connectivity index (χ0) is 43.1. The Kier molecular flexibility index (Phi) is 9.46. The number of aromatic nitrogens is 4. The summed E-state index contributed by atoms with van der Waals surface area (Å²) in [6.45, 7) is 0. The van der Waals surface area contributed by atoms with Crippen molar-refractivity contribution in [3.05, 3.63) is 243 Å². The molecular weight excluding hydrogens is 789 g/mol. The number of rotatable bonds is 8. The van der Waals surface area contributed by atoms with Crippen molar-refractivity contribution in [2.75, 3.05) is 0 Å². The van der Waals surface area contributed by atoms with Gasteiger partial charge in [-0.3, -0.25) is 0 Å². The lowest BCUT2D eigenvalue weighted by molar-refractivity contribution is 1.18. The molecule has 12 aromatic rings. The largest absolute Gasteiger partial charge is 0.308 e. The number of hydrogen-bond acceptors (Lipinski definition) is 3. The Balaban J connectivity index is 0.906. The average Bonchev–Trinajstić information content (AvgIpc) is 3.75. The summed E-state index contributed by atoms with van der Waals surface area (Å²) in [5.41, 5.74) is 18.2. The Morgan fingerprint density at radius 3 is 1.23 bits per heavy atom. The monoisotopic (exact) mass is 828 g/mol. The van der Waals surface area contributed by atoms with Gasteiger partial charge in [0.25, 0.3) is 0 Å². The molecule has 65 heavy (non-hydrogen) atoms. The minimum Gasteiger partial charge on any atom is -0.308 e. The molecule has 4 heteroatoms. The molecule has 0 aliphatic carbocycles. The van der Waals surface area contributed by atoms with Crippen LogP contribution in [0.25, 0.3) is 117 Å². The molecule has 0 unspecified atom stereocenters. The molecule has 0 saturated carbocycles. The molecule has 0 bridgehead atoms. The molecule has 0 aliphatic heterocycles. The summed E-state index contributed by atoms with van der Waals surface area (Å²) in [7, 11) is 0. The second-order valence-electron chi connectivity index (χ2n) is 16.4. The number of pyridine rings is 1. The van der Waals surface area contributed by atoms with E-state index in [2.05, 4.69) is 235 Å². The Morgan fingerprint density at radius 2 is 0.692 bits per heavy atom. The highest BCUT2D eigenvalue weighted by Crippen LogP contribution is 2.41. The van der Waals surface area contributed by atoms with Crippen molar-refractivity contribution in [1.82, 2.24) is 19.5 Å². The lowest BCUT2D eigenvalue weighted by Crippen LogP contribution is -1.96. The zero-order valence-electron chi connectivity index (χ0n) is 35.4. The molecule has 0 aliphatic rings. The van der Waals surface area contributed by atoms with Crippen molar-refractivity contribution in [2.24, 2.45) is 0 Å². The third kappa shape index (κ3) is 7.04. The topological polar surface area (TPSA) is 43.6 Å². The maximum atomic E-state index is 5.35. The van der Waals surface area contributed by atoms with E-state index >= 15 is 0 Å². The maximum absolute atomic E-state index is 5.35. The van der Waals surface area contributed by atoms with Gasteiger partial charge >= 0.3 is 0 Å². The van der Waals surface area contributed by atoms with E-state index in [-0.39, 0.29) is 0 Å². The van der Waals surface area contributed by atoms with Crippen LogP contribution in [0.1, 0.15) is 0 Å². The lowest BCUT2D eigenvalue weighted by atomic mass is 9.98. The van der Waals surface area contributed by atoms with Gasteiger partial charge in [0.15, 0.2) is 5.82 Å². The molecular formula is C61H40N4. The highest BCUT2D eigenvalue weighted by molar-refractivity contribution is 6.22. The van der Waals surface area contributed by atoms with Crippen LogP contribution in [-0.4, -0.2) is 19.5 Å². The van der Waals surface area contributed by atoms with Crippen LogP contribution in [0, 0.1) is 0 Å². The first-order valence-corrected chi connectivity index (χ1v) is 22.0. The SMILES string of the molecule is c1ccc(-c2ccc(-c3cc(-c4ccc(-c5ccc(-c6nc7ccccc7c7c6c6ccccc6n7-c6ccccc6)cc5)cc4)nc(-c4ccc(-c5ccccc5)cc4)n3)cc2)cc1. The third-order valence-corrected chi connectivity index (χ3v) is 12.5. The smallest absolute Gasteiger partial charge is 0.160 e. The Bertz CT molecular complexity index is 3540. The number of hydrogen-bond donors (Lipinski definition) is 0. The van der Waals surface area contributed by atoms with Crippen LogP contribution in [0.3, 0.4) is 0 Å². The number of benzene rings is 9. The zero-order valence-corrected chi connectivity index (χ0v) is 35.4. The van der Waals surface area contributed by atoms with Crippen LogP contribution >= 0.6 is 0 Å². The molecule has 0 spiro atoms. The summed E-state index contributed by atoms with van der Waals surface area (Å²) in [6.07, 6.45) is 0. The lowest BCUT2D eigenvalue weighted by Gasteiger charge is -2.12. The molecule has 3 heterocycles. The fourth-order valence-corrected chi connectivity index (χ4v) is 9.17. The van der Waals surface area contributed by atoms with E-state index in [1.807, 2.05) is 12.1 Å². The first kappa shape index (κ1) is 38.0. The van der Waals surface area contributed by atoms with Crippen molar-refractivity contribution in [3.63, 3.8) is 0 Å². The normalized spacial score (nSPS) is 11.4. The molecule has 4 nitrogen and oxygen atoms in total. The molecule has 0 fully saturated rings. The highest BCUT2D eigenvalue weighted by Gasteiger charge is 2.20. The van der Waals surface area contributed by atoms with Gasteiger partial charge in [-0.15, -0.1) is 0 Å². The van der Waals surface area contributed by atoms with E-state index in [0.717, 1.165) is 83.5 Å². The second-order valence-corrected chi connectivity index (χ2v) is 16.4. The molecule has 0 radical (unpaired) electrons. The fraction of sp³-hybridized carbons (Fsp3) is 0. The third-order valence-electron chi connectivity index (χ3n) is 12.5. The Labute approximate surface area is 377 Å². The summed E-state index contributed by atoms with van der Waals surface area (Å²) in [5, 5.41) is 3.47. The van der Waals surface area contributed by atoms with Crippen molar-refractivity contribution >= 4 is 32.7 Å². The van der Waals surface area contributed by atoms with Crippen molar-refractivity contribution in [3.8, 4) is 84.2 Å². The minimum absolute atomic E-state index is 0.687. The van der Waals surface area contributed by atoms with Crippen LogP contribution in [0.15, 0.2) is 243 Å². The van der Waals surface area contributed by atoms with Crippen molar-refractivity contribution in [1.29, 1.82) is 0 Å². The molecule has 304 valence electrons. The van der Waals surface area contributed by atoms with E-state index in [0.29, 0.717) is 5.82 Å². The van der Waals surface area contributed by atoms with E-state index in [4.69, 9.17) is 15.0 Å². The van der Waals surface area contributed by atoms with E-state index < -0.39 is 0 Å². The first-order valence-electron chi connectivity index (χ1n) is 22.0. The van der Waals surface area contributed by atoms with Crippen molar-refractivity contribution < 1.29 is 0 Å². The first-order chi connectivity index (χ1) is 32.2. The molecule has 0 atom stereocenters. The standard InChI is InChI=1S/C61H40N4/c1-4-14-41(15-5-1)43-24-32-47(33-25-43)55-40-56(64-61(63-55)50-38-30-44(31-39-50)42-16-6-2-7-17-42)48-34-26-45(27-35-48)46-28-36-49(37-29-46)59-58-53-21-11-13-23-57(53)65(51-18-8-3-9-19-51)60(58)52-20-10-12-22-54(52)62-59/h1-40H. The number of para-hydroxylation sites is 3. The van der Waals surface area contributed by atoms with Crippen LogP contribution < -0.4 is 0 Å². The van der Waals surface area contributed by atoms with Crippen molar-refractivity contribution in [2.45, 2.75) is 0 Å². The summed E-state index contributed by atoms with van der Waals surface area (Å²) in [4.78, 5) is 15.7. The van der Waals surface area contributed by atoms with Gasteiger partial charge in [0.2, 0.25) is 0 Å². The summed E-state index contributed by atoms with van der Waals surface area (Å²) in [5.74, 6) is 0.687.